The molecule has 0 unspecified atom stereocenters. The SMILES string of the molecule is CN(C(=O)c1ccnc(NCc2ccc(Cl)cc2)n1)c1ccccc1. The maximum Gasteiger partial charge on any atom is 0.276 e. The average molecular weight is 353 g/mol. The lowest BCUT2D eigenvalue weighted by Gasteiger charge is -2.17. The van der Waals surface area contributed by atoms with Crippen LogP contribution in [0.1, 0.15) is 16.1 Å². The predicted molar refractivity (Wildman–Crippen MR) is 100.0 cm³/mol. The van der Waals surface area contributed by atoms with Crippen LogP contribution in [0.3, 0.4) is 0 Å². The molecule has 1 amide bonds. The molecule has 0 radical (unpaired) electrons. The van der Waals surface area contributed by atoms with Crippen molar-refractivity contribution in [3.63, 3.8) is 0 Å². The number of nitrogens with zero attached hydrogens (tertiary/aromatic N) is 3. The molecule has 6 heteroatoms. The molecule has 0 aliphatic heterocycles. The summed E-state index contributed by atoms with van der Waals surface area (Å²) in [6, 6.07) is 18.5. The molecule has 3 rings (SSSR count). The lowest BCUT2D eigenvalue weighted by molar-refractivity contribution is 0.0988. The van der Waals surface area contributed by atoms with Crippen molar-refractivity contribution in [1.29, 1.82) is 0 Å². The number of aromatic nitrogens is 2. The first-order valence-corrected chi connectivity index (χ1v) is 8.16. The smallest absolute Gasteiger partial charge is 0.276 e. The van der Waals surface area contributed by atoms with Crippen molar-refractivity contribution in [3.8, 4) is 0 Å². The molecule has 25 heavy (non-hydrogen) atoms. The molecule has 0 saturated heterocycles. The van der Waals surface area contributed by atoms with Gasteiger partial charge in [0.1, 0.15) is 5.69 Å². The Bertz CT molecular complexity index is 853. The Morgan fingerprint density at radius 3 is 2.52 bits per heavy atom. The molecular formula is C19H17ClN4O. The number of nitrogens with one attached hydrogen (secondary N) is 1. The van der Waals surface area contributed by atoms with Crippen LogP contribution < -0.4 is 10.2 Å². The van der Waals surface area contributed by atoms with Crippen LogP contribution in [0.15, 0.2) is 66.9 Å². The first-order chi connectivity index (χ1) is 12.1. The van der Waals surface area contributed by atoms with Gasteiger partial charge < -0.3 is 10.2 Å². The Balaban J connectivity index is 1.70. The fourth-order valence-electron chi connectivity index (χ4n) is 2.29. The first-order valence-electron chi connectivity index (χ1n) is 7.78. The summed E-state index contributed by atoms with van der Waals surface area (Å²) in [6.45, 7) is 0.545. The Kier molecular flexibility index (Phi) is 5.26. The van der Waals surface area contributed by atoms with E-state index in [9.17, 15) is 4.79 Å². The molecule has 0 aliphatic rings. The molecule has 0 atom stereocenters. The molecule has 0 aliphatic carbocycles. The van der Waals surface area contributed by atoms with Crippen LogP contribution in [0, 0.1) is 0 Å². The number of halogens is 1. The van der Waals surface area contributed by atoms with Gasteiger partial charge in [-0.1, -0.05) is 41.9 Å². The van der Waals surface area contributed by atoms with E-state index in [1.165, 1.54) is 0 Å². The monoisotopic (exact) mass is 352 g/mol. The number of hydrogen-bond acceptors (Lipinski definition) is 4. The zero-order valence-corrected chi connectivity index (χ0v) is 14.4. The average Bonchev–Trinajstić information content (AvgIpc) is 2.67. The van der Waals surface area contributed by atoms with Gasteiger partial charge in [-0.15, -0.1) is 0 Å². The fraction of sp³-hybridized carbons (Fsp3) is 0.105. The number of benzene rings is 2. The third kappa shape index (κ3) is 4.33. The number of amides is 1. The molecule has 0 spiro atoms. The topological polar surface area (TPSA) is 58.1 Å². The minimum atomic E-state index is -0.192. The predicted octanol–water partition coefficient (Wildman–Crippen LogP) is 4.02. The van der Waals surface area contributed by atoms with Gasteiger partial charge in [-0.05, 0) is 35.9 Å². The molecule has 126 valence electrons. The van der Waals surface area contributed by atoms with Crippen LogP contribution in [0.5, 0.6) is 0 Å². The standard InChI is InChI=1S/C19H17ClN4O/c1-24(16-5-3-2-4-6-16)18(25)17-11-12-21-19(23-17)22-13-14-7-9-15(20)10-8-14/h2-12H,13H2,1H3,(H,21,22,23). The molecular weight excluding hydrogens is 336 g/mol. The Labute approximate surface area is 151 Å². The van der Waals surface area contributed by atoms with Gasteiger partial charge >= 0.3 is 0 Å². The van der Waals surface area contributed by atoms with E-state index in [1.807, 2.05) is 54.6 Å². The van der Waals surface area contributed by atoms with Crippen molar-refractivity contribution in [1.82, 2.24) is 9.97 Å². The van der Waals surface area contributed by atoms with Gasteiger partial charge in [-0.2, -0.15) is 0 Å². The highest BCUT2D eigenvalue weighted by atomic mass is 35.5. The highest BCUT2D eigenvalue weighted by Gasteiger charge is 2.15. The molecule has 0 saturated carbocycles. The van der Waals surface area contributed by atoms with E-state index < -0.39 is 0 Å². The Hall–Kier alpha value is -2.92. The second-order valence-electron chi connectivity index (χ2n) is 5.45. The van der Waals surface area contributed by atoms with Crippen LogP contribution in [-0.2, 0) is 6.54 Å². The zero-order chi connectivity index (χ0) is 17.6. The summed E-state index contributed by atoms with van der Waals surface area (Å²) in [7, 11) is 1.72. The Morgan fingerprint density at radius 2 is 1.80 bits per heavy atom. The molecule has 1 aromatic heterocycles. The van der Waals surface area contributed by atoms with Crippen molar-refractivity contribution in [2.45, 2.75) is 6.54 Å². The first kappa shape index (κ1) is 16.9. The van der Waals surface area contributed by atoms with Crippen LogP contribution in [0.4, 0.5) is 11.6 Å². The number of anilines is 2. The number of rotatable bonds is 5. The van der Waals surface area contributed by atoms with E-state index in [1.54, 1.807) is 24.2 Å². The van der Waals surface area contributed by atoms with Crippen LogP contribution in [0.25, 0.3) is 0 Å². The van der Waals surface area contributed by atoms with E-state index in [2.05, 4.69) is 15.3 Å². The van der Waals surface area contributed by atoms with Gasteiger partial charge in [0.15, 0.2) is 0 Å². The molecule has 1 N–H and O–H groups in total. The van der Waals surface area contributed by atoms with Crippen LogP contribution in [-0.4, -0.2) is 22.9 Å². The number of carbonyl (C=O) groups excluding carboxylic acids is 1. The largest absolute Gasteiger partial charge is 0.350 e. The molecule has 0 fully saturated rings. The van der Waals surface area contributed by atoms with Crippen molar-refractivity contribution in [3.05, 3.63) is 83.1 Å². The van der Waals surface area contributed by atoms with E-state index >= 15 is 0 Å². The molecule has 0 bridgehead atoms. The van der Waals surface area contributed by atoms with Crippen molar-refractivity contribution >= 4 is 29.1 Å². The second kappa shape index (κ2) is 7.77. The van der Waals surface area contributed by atoms with Gasteiger partial charge in [-0.25, -0.2) is 9.97 Å². The molecule has 3 aromatic rings. The fourth-order valence-corrected chi connectivity index (χ4v) is 2.41. The highest BCUT2D eigenvalue weighted by molar-refractivity contribution is 6.30. The van der Waals surface area contributed by atoms with Gasteiger partial charge in [0.2, 0.25) is 5.95 Å². The summed E-state index contributed by atoms with van der Waals surface area (Å²) in [4.78, 5) is 22.6. The van der Waals surface area contributed by atoms with Crippen LogP contribution in [0.2, 0.25) is 5.02 Å². The number of hydrogen-bond donors (Lipinski definition) is 1. The normalized spacial score (nSPS) is 10.3. The lowest BCUT2D eigenvalue weighted by Crippen LogP contribution is -2.27. The van der Waals surface area contributed by atoms with Gasteiger partial charge in [0.25, 0.3) is 5.91 Å². The summed E-state index contributed by atoms with van der Waals surface area (Å²) in [6.07, 6.45) is 1.57. The van der Waals surface area contributed by atoms with E-state index in [4.69, 9.17) is 11.6 Å². The van der Waals surface area contributed by atoms with Gasteiger partial charge in [-0.3, -0.25) is 4.79 Å². The second-order valence-corrected chi connectivity index (χ2v) is 5.88. The maximum absolute atomic E-state index is 12.6. The maximum atomic E-state index is 12.6. The van der Waals surface area contributed by atoms with E-state index in [0.29, 0.717) is 23.2 Å². The summed E-state index contributed by atoms with van der Waals surface area (Å²) >= 11 is 5.88. The van der Waals surface area contributed by atoms with Crippen molar-refractivity contribution in [2.75, 3.05) is 17.3 Å². The molecule has 1 heterocycles. The Morgan fingerprint density at radius 1 is 1.08 bits per heavy atom. The minimum absolute atomic E-state index is 0.192. The van der Waals surface area contributed by atoms with Crippen LogP contribution >= 0.6 is 11.6 Å². The third-order valence-electron chi connectivity index (χ3n) is 3.69. The quantitative estimate of drug-likeness (QED) is 0.753. The summed E-state index contributed by atoms with van der Waals surface area (Å²) in [5.74, 6) is 0.213. The summed E-state index contributed by atoms with van der Waals surface area (Å²) < 4.78 is 0. The number of carbonyl (C=O) groups is 1. The van der Waals surface area contributed by atoms with Crippen molar-refractivity contribution < 1.29 is 4.79 Å². The van der Waals surface area contributed by atoms with E-state index in [0.717, 1.165) is 11.3 Å². The number of para-hydroxylation sites is 1. The zero-order valence-electron chi connectivity index (χ0n) is 13.7. The van der Waals surface area contributed by atoms with Gasteiger partial charge in [0, 0.05) is 30.5 Å². The highest BCUT2D eigenvalue weighted by Crippen LogP contribution is 2.15. The third-order valence-corrected chi connectivity index (χ3v) is 3.94. The van der Waals surface area contributed by atoms with Crippen molar-refractivity contribution in [2.24, 2.45) is 0 Å². The minimum Gasteiger partial charge on any atom is -0.350 e. The van der Waals surface area contributed by atoms with Gasteiger partial charge in [0.05, 0.1) is 0 Å². The summed E-state index contributed by atoms with van der Waals surface area (Å²) in [5.41, 5.74) is 2.19. The molecule has 5 nitrogen and oxygen atoms in total. The van der Waals surface area contributed by atoms with E-state index in [-0.39, 0.29) is 5.91 Å². The molecule has 2 aromatic carbocycles. The summed E-state index contributed by atoms with van der Waals surface area (Å²) in [5, 5.41) is 3.81. The lowest BCUT2D eigenvalue weighted by atomic mass is 10.2.